The van der Waals surface area contributed by atoms with Crippen LogP contribution in [-0.2, 0) is 26.8 Å². The maximum absolute atomic E-state index is 13.3. The van der Waals surface area contributed by atoms with Crippen LogP contribution in [0, 0.1) is 11.3 Å². The van der Waals surface area contributed by atoms with Gasteiger partial charge in [-0.2, -0.15) is 9.57 Å². The first-order valence-corrected chi connectivity index (χ1v) is 12.7. The van der Waals surface area contributed by atoms with Gasteiger partial charge in [-0.1, -0.05) is 58.4 Å². The Kier molecular flexibility index (Phi) is 6.66. The highest BCUT2D eigenvalue weighted by molar-refractivity contribution is 9.10. The van der Waals surface area contributed by atoms with Crippen molar-refractivity contribution in [1.29, 1.82) is 5.26 Å². The molecule has 6 nitrogen and oxygen atoms in total. The molecule has 1 N–H and O–H groups in total. The molecular weight excluding hydrogens is 502 g/mol. The zero-order valence-electron chi connectivity index (χ0n) is 17.7. The summed E-state index contributed by atoms with van der Waals surface area (Å²) in [6.45, 7) is -0.279. The van der Waals surface area contributed by atoms with Crippen molar-refractivity contribution >= 4 is 37.5 Å². The largest absolute Gasteiger partial charge is 0.325 e. The van der Waals surface area contributed by atoms with Gasteiger partial charge in [0.15, 0.2) is 0 Å². The molecule has 0 aliphatic heterocycles. The fourth-order valence-corrected chi connectivity index (χ4v) is 5.25. The zero-order valence-corrected chi connectivity index (χ0v) is 20.1. The fraction of sp³-hybridized carbons (Fsp3) is 0.200. The Morgan fingerprint density at radius 2 is 1.64 bits per heavy atom. The lowest BCUT2D eigenvalue weighted by Gasteiger charge is -2.22. The molecule has 3 aromatic rings. The van der Waals surface area contributed by atoms with E-state index in [0.29, 0.717) is 5.69 Å². The summed E-state index contributed by atoms with van der Waals surface area (Å²) >= 11 is 3.38. The minimum atomic E-state index is -3.89. The second-order valence-electron chi connectivity index (χ2n) is 8.03. The molecule has 0 aromatic heterocycles. The number of benzene rings is 3. The van der Waals surface area contributed by atoms with E-state index in [1.807, 2.05) is 36.4 Å². The molecule has 0 spiro atoms. The van der Waals surface area contributed by atoms with E-state index in [1.165, 1.54) is 16.4 Å². The number of rotatable bonds is 8. The maximum atomic E-state index is 13.3. The third kappa shape index (κ3) is 5.33. The average Bonchev–Trinajstić information content (AvgIpc) is 3.62. The van der Waals surface area contributed by atoms with Crippen molar-refractivity contribution in [2.75, 3.05) is 11.9 Å². The van der Waals surface area contributed by atoms with Crippen LogP contribution in [0.1, 0.15) is 24.0 Å². The van der Waals surface area contributed by atoms with Gasteiger partial charge in [0.05, 0.1) is 22.9 Å². The Balaban J connectivity index is 1.52. The highest BCUT2D eigenvalue weighted by Crippen LogP contribution is 2.47. The molecule has 1 amide bonds. The molecular formula is C25H22BrN3O3S. The van der Waals surface area contributed by atoms with E-state index in [-0.39, 0.29) is 18.0 Å². The molecule has 0 unspecified atom stereocenters. The number of carbonyl (C=O) groups is 1. The molecule has 0 saturated heterocycles. The molecule has 33 heavy (non-hydrogen) atoms. The lowest BCUT2D eigenvalue weighted by Crippen LogP contribution is -2.37. The highest BCUT2D eigenvalue weighted by atomic mass is 79.9. The number of carbonyl (C=O) groups excluding carboxylic acids is 1. The van der Waals surface area contributed by atoms with Gasteiger partial charge in [0.2, 0.25) is 15.9 Å². The molecule has 0 radical (unpaired) electrons. The summed E-state index contributed by atoms with van der Waals surface area (Å²) in [6.07, 6.45) is 1.69. The second kappa shape index (κ2) is 9.48. The second-order valence-corrected chi connectivity index (χ2v) is 10.9. The van der Waals surface area contributed by atoms with Crippen molar-refractivity contribution < 1.29 is 13.2 Å². The van der Waals surface area contributed by atoms with Crippen LogP contribution in [0.25, 0.3) is 0 Å². The third-order valence-electron chi connectivity index (χ3n) is 5.66. The van der Waals surface area contributed by atoms with Gasteiger partial charge >= 0.3 is 0 Å². The van der Waals surface area contributed by atoms with E-state index >= 15 is 0 Å². The Labute approximate surface area is 202 Å². The van der Waals surface area contributed by atoms with Gasteiger partial charge in [0, 0.05) is 16.7 Å². The van der Waals surface area contributed by atoms with Gasteiger partial charge in [0.25, 0.3) is 0 Å². The smallest absolute Gasteiger partial charge is 0.243 e. The van der Waals surface area contributed by atoms with E-state index in [4.69, 9.17) is 0 Å². The van der Waals surface area contributed by atoms with E-state index in [9.17, 15) is 18.5 Å². The van der Waals surface area contributed by atoms with Crippen molar-refractivity contribution in [2.24, 2.45) is 0 Å². The summed E-state index contributed by atoms with van der Waals surface area (Å²) in [6, 6.07) is 24.9. The quantitative estimate of drug-likeness (QED) is 0.457. The lowest BCUT2D eigenvalue weighted by atomic mass is 9.98. The minimum absolute atomic E-state index is 0.0571. The topological polar surface area (TPSA) is 90.3 Å². The van der Waals surface area contributed by atoms with Crippen molar-refractivity contribution in [3.63, 3.8) is 0 Å². The molecule has 1 fully saturated rings. The summed E-state index contributed by atoms with van der Waals surface area (Å²) in [5, 5.41) is 12.1. The Bertz CT molecular complexity index is 1280. The predicted octanol–water partition coefficient (Wildman–Crippen LogP) is 4.83. The van der Waals surface area contributed by atoms with Crippen LogP contribution >= 0.6 is 15.9 Å². The van der Waals surface area contributed by atoms with Crippen LogP contribution in [-0.4, -0.2) is 25.2 Å². The predicted molar refractivity (Wildman–Crippen MR) is 130 cm³/mol. The summed E-state index contributed by atoms with van der Waals surface area (Å²) in [4.78, 5) is 12.9. The lowest BCUT2D eigenvalue weighted by molar-refractivity contribution is -0.116. The fourth-order valence-electron chi connectivity index (χ4n) is 3.58. The highest BCUT2D eigenvalue weighted by Gasteiger charge is 2.44. The van der Waals surface area contributed by atoms with Gasteiger partial charge in [-0.05, 0) is 60.4 Å². The summed E-state index contributed by atoms with van der Waals surface area (Å²) < 4.78 is 28.6. The SMILES string of the molecule is N#CC1(c2ccc(NC(=O)CN(Cc3ccc(Br)cc3)S(=O)(=O)c3ccccc3)cc2)CC1. The standard InChI is InChI=1S/C25H22BrN3O3S/c26-21-10-6-19(7-11-21)16-29(33(31,32)23-4-2-1-3-5-23)17-24(30)28-22-12-8-20(9-13-22)25(18-27)14-15-25/h1-13H,14-17H2,(H,28,30). The number of hydrogen-bond donors (Lipinski definition) is 1. The van der Waals surface area contributed by atoms with Crippen molar-refractivity contribution in [2.45, 2.75) is 29.7 Å². The molecule has 1 aliphatic carbocycles. The number of nitrogens with zero attached hydrogens (tertiary/aromatic N) is 2. The summed E-state index contributed by atoms with van der Waals surface area (Å²) in [7, 11) is -3.89. The first-order chi connectivity index (χ1) is 15.8. The van der Waals surface area contributed by atoms with Gasteiger partial charge in [0.1, 0.15) is 0 Å². The number of sulfonamides is 1. The van der Waals surface area contributed by atoms with Gasteiger partial charge < -0.3 is 5.32 Å². The number of hydrogen-bond acceptors (Lipinski definition) is 4. The monoisotopic (exact) mass is 523 g/mol. The van der Waals surface area contributed by atoms with E-state index in [1.54, 1.807) is 30.3 Å². The number of amides is 1. The molecule has 0 bridgehead atoms. The average molecular weight is 524 g/mol. The zero-order chi connectivity index (χ0) is 23.5. The number of nitrogens with one attached hydrogen (secondary N) is 1. The Hall–Kier alpha value is -2.99. The molecule has 1 aliphatic rings. The Morgan fingerprint density at radius 1 is 1.00 bits per heavy atom. The normalized spacial score (nSPS) is 14.5. The molecule has 1 saturated carbocycles. The molecule has 0 heterocycles. The number of halogens is 1. The van der Waals surface area contributed by atoms with E-state index in [0.717, 1.165) is 28.4 Å². The van der Waals surface area contributed by atoms with Crippen molar-refractivity contribution in [3.05, 3.63) is 94.5 Å². The van der Waals surface area contributed by atoms with E-state index in [2.05, 4.69) is 27.3 Å². The molecule has 8 heteroatoms. The molecule has 0 atom stereocenters. The third-order valence-corrected chi connectivity index (χ3v) is 7.99. The van der Waals surface area contributed by atoms with Crippen LogP contribution in [0.2, 0.25) is 0 Å². The van der Waals surface area contributed by atoms with Crippen LogP contribution in [0.4, 0.5) is 5.69 Å². The van der Waals surface area contributed by atoms with Gasteiger partial charge in [-0.15, -0.1) is 0 Å². The minimum Gasteiger partial charge on any atom is -0.325 e. The van der Waals surface area contributed by atoms with E-state index < -0.39 is 21.3 Å². The van der Waals surface area contributed by atoms with Crippen LogP contribution in [0.5, 0.6) is 0 Å². The number of anilines is 1. The first-order valence-electron chi connectivity index (χ1n) is 10.4. The van der Waals surface area contributed by atoms with Gasteiger partial charge in [-0.25, -0.2) is 8.42 Å². The molecule has 4 rings (SSSR count). The summed E-state index contributed by atoms with van der Waals surface area (Å²) in [5.41, 5.74) is 1.86. The van der Waals surface area contributed by atoms with Crippen molar-refractivity contribution in [1.82, 2.24) is 4.31 Å². The molecule has 3 aromatic carbocycles. The van der Waals surface area contributed by atoms with Crippen LogP contribution in [0.15, 0.2) is 88.2 Å². The van der Waals surface area contributed by atoms with Crippen LogP contribution < -0.4 is 5.32 Å². The first kappa shape index (κ1) is 23.2. The van der Waals surface area contributed by atoms with Gasteiger partial charge in [-0.3, -0.25) is 4.79 Å². The molecule has 168 valence electrons. The number of nitriles is 1. The maximum Gasteiger partial charge on any atom is 0.243 e. The summed E-state index contributed by atoms with van der Waals surface area (Å²) in [5.74, 6) is -0.444. The van der Waals surface area contributed by atoms with Crippen LogP contribution in [0.3, 0.4) is 0 Å². The Morgan fingerprint density at radius 3 is 2.21 bits per heavy atom. The van der Waals surface area contributed by atoms with Crippen molar-refractivity contribution in [3.8, 4) is 6.07 Å².